The molecular formula is C24H29NOS. The normalized spacial score (nSPS) is 21.0. The molecule has 0 aliphatic carbocycles. The molecule has 1 amide bonds. The second kappa shape index (κ2) is 10.2. The zero-order valence-electron chi connectivity index (χ0n) is 16.1. The highest BCUT2D eigenvalue weighted by Crippen LogP contribution is 2.39. The van der Waals surface area contributed by atoms with Gasteiger partial charge in [0.25, 0.3) is 0 Å². The SMILES string of the molecule is C=C/C=C(\C=C)C(S)CCC1C(=O)N(c2ccccc2)C1C(=C)/C=C\CC. The van der Waals surface area contributed by atoms with Gasteiger partial charge in [0.1, 0.15) is 0 Å². The van der Waals surface area contributed by atoms with Crippen molar-refractivity contribution in [3.63, 3.8) is 0 Å². The lowest BCUT2D eigenvalue weighted by atomic mass is 9.78. The summed E-state index contributed by atoms with van der Waals surface area (Å²) in [6, 6.07) is 9.82. The van der Waals surface area contributed by atoms with E-state index in [1.165, 1.54) is 0 Å². The fourth-order valence-electron chi connectivity index (χ4n) is 3.45. The third kappa shape index (κ3) is 4.92. The number of nitrogens with zero attached hydrogens (tertiary/aromatic N) is 1. The van der Waals surface area contributed by atoms with E-state index in [-0.39, 0.29) is 23.1 Å². The molecular weight excluding hydrogens is 350 g/mol. The van der Waals surface area contributed by atoms with Crippen molar-refractivity contribution in [2.24, 2.45) is 5.92 Å². The van der Waals surface area contributed by atoms with Crippen molar-refractivity contribution in [3.8, 4) is 0 Å². The minimum Gasteiger partial charge on any atom is -0.304 e. The topological polar surface area (TPSA) is 20.3 Å². The van der Waals surface area contributed by atoms with Crippen LogP contribution in [-0.2, 0) is 4.79 Å². The van der Waals surface area contributed by atoms with E-state index in [4.69, 9.17) is 0 Å². The first-order valence-corrected chi connectivity index (χ1v) is 9.93. The van der Waals surface area contributed by atoms with Crippen LogP contribution in [0.25, 0.3) is 0 Å². The van der Waals surface area contributed by atoms with Crippen LogP contribution >= 0.6 is 12.6 Å². The molecule has 0 spiro atoms. The Morgan fingerprint density at radius 2 is 2.00 bits per heavy atom. The second-order valence-electron chi connectivity index (χ2n) is 6.68. The predicted molar refractivity (Wildman–Crippen MR) is 120 cm³/mol. The van der Waals surface area contributed by atoms with Crippen molar-refractivity contribution in [1.29, 1.82) is 0 Å². The number of para-hydroxylation sites is 1. The molecule has 1 heterocycles. The first-order valence-electron chi connectivity index (χ1n) is 9.41. The minimum atomic E-state index is -0.0661. The van der Waals surface area contributed by atoms with Gasteiger partial charge in [-0.05, 0) is 42.5 Å². The van der Waals surface area contributed by atoms with Crippen LogP contribution in [0, 0.1) is 5.92 Å². The molecule has 0 N–H and O–H groups in total. The molecule has 2 rings (SSSR count). The van der Waals surface area contributed by atoms with Gasteiger partial charge < -0.3 is 4.90 Å². The van der Waals surface area contributed by atoms with Crippen LogP contribution in [0.2, 0.25) is 0 Å². The Bertz CT molecular complexity index is 747. The van der Waals surface area contributed by atoms with Crippen molar-refractivity contribution in [3.05, 3.63) is 91.6 Å². The van der Waals surface area contributed by atoms with Crippen LogP contribution in [0.15, 0.2) is 91.6 Å². The Hall–Kier alpha value is -2.26. The third-order valence-electron chi connectivity index (χ3n) is 4.88. The molecule has 2 nitrogen and oxygen atoms in total. The maximum absolute atomic E-state index is 12.9. The van der Waals surface area contributed by atoms with Gasteiger partial charge in [-0.1, -0.05) is 75.2 Å². The second-order valence-corrected chi connectivity index (χ2v) is 7.30. The number of benzene rings is 1. The summed E-state index contributed by atoms with van der Waals surface area (Å²) >= 11 is 4.69. The molecule has 1 saturated heterocycles. The van der Waals surface area contributed by atoms with Gasteiger partial charge in [-0.25, -0.2) is 0 Å². The molecule has 3 atom stereocenters. The van der Waals surface area contributed by atoms with Crippen molar-refractivity contribution < 1.29 is 4.79 Å². The van der Waals surface area contributed by atoms with E-state index in [1.54, 1.807) is 12.2 Å². The fraction of sp³-hybridized carbons (Fsp3) is 0.292. The van der Waals surface area contributed by atoms with Gasteiger partial charge in [0.05, 0.1) is 12.0 Å². The van der Waals surface area contributed by atoms with Gasteiger partial charge in [0.15, 0.2) is 0 Å². The summed E-state index contributed by atoms with van der Waals surface area (Å²) in [5.41, 5.74) is 2.93. The highest BCUT2D eigenvalue weighted by atomic mass is 32.1. The first kappa shape index (κ1) is 21.0. The number of β-lactam (4-membered cyclic amide) rings is 1. The number of carbonyl (C=O) groups is 1. The van der Waals surface area contributed by atoms with Crippen molar-refractivity contribution >= 4 is 24.2 Å². The van der Waals surface area contributed by atoms with E-state index >= 15 is 0 Å². The van der Waals surface area contributed by atoms with Gasteiger partial charge in [-0.3, -0.25) is 4.79 Å². The molecule has 0 saturated carbocycles. The van der Waals surface area contributed by atoms with Crippen molar-refractivity contribution in [1.82, 2.24) is 0 Å². The lowest BCUT2D eigenvalue weighted by Crippen LogP contribution is -2.62. The molecule has 1 aliphatic heterocycles. The molecule has 1 aliphatic rings. The number of amides is 1. The molecule has 142 valence electrons. The van der Waals surface area contributed by atoms with Gasteiger partial charge in [0, 0.05) is 10.9 Å². The highest BCUT2D eigenvalue weighted by molar-refractivity contribution is 7.81. The Morgan fingerprint density at radius 1 is 1.30 bits per heavy atom. The molecule has 0 radical (unpaired) electrons. The quantitative estimate of drug-likeness (QED) is 0.304. The summed E-state index contributed by atoms with van der Waals surface area (Å²) in [5.74, 6) is 0.0919. The number of rotatable bonds is 10. The maximum atomic E-state index is 12.9. The Balaban J connectivity index is 2.16. The number of hydrogen-bond acceptors (Lipinski definition) is 2. The number of thiol groups is 1. The smallest absolute Gasteiger partial charge is 0.233 e. The average Bonchev–Trinajstić information content (AvgIpc) is 2.68. The molecule has 0 aromatic heterocycles. The van der Waals surface area contributed by atoms with Crippen molar-refractivity contribution in [2.75, 3.05) is 4.90 Å². The largest absolute Gasteiger partial charge is 0.304 e. The third-order valence-corrected chi connectivity index (χ3v) is 5.43. The summed E-state index contributed by atoms with van der Waals surface area (Å²) in [5, 5.41) is 0.0409. The van der Waals surface area contributed by atoms with Gasteiger partial charge >= 0.3 is 0 Å². The predicted octanol–water partition coefficient (Wildman–Crippen LogP) is 5.92. The molecule has 27 heavy (non-hydrogen) atoms. The Labute approximate surface area is 169 Å². The van der Waals surface area contributed by atoms with E-state index in [9.17, 15) is 4.79 Å². The summed E-state index contributed by atoms with van der Waals surface area (Å²) in [4.78, 5) is 14.8. The van der Waals surface area contributed by atoms with Gasteiger partial charge in [-0.15, -0.1) is 0 Å². The maximum Gasteiger partial charge on any atom is 0.233 e. The zero-order chi connectivity index (χ0) is 19.8. The van der Waals surface area contributed by atoms with Crippen LogP contribution in [0.1, 0.15) is 26.2 Å². The standard InChI is InChI=1S/C24H29NOS/c1-5-8-13-18(4)23-21(16-17-22(27)19(7-3)12-6-2)24(26)25(23)20-14-10-9-11-15-20/h6-15,21-23,27H,2-5,16-17H2,1H3/b13-8-,19-12+. The molecule has 0 bridgehead atoms. The summed E-state index contributed by atoms with van der Waals surface area (Å²) in [7, 11) is 0. The van der Waals surface area contributed by atoms with Crippen LogP contribution < -0.4 is 4.90 Å². The van der Waals surface area contributed by atoms with E-state index in [2.05, 4.69) is 45.4 Å². The van der Waals surface area contributed by atoms with Crippen LogP contribution in [0.4, 0.5) is 5.69 Å². The van der Waals surface area contributed by atoms with Gasteiger partial charge in [-0.2, -0.15) is 12.6 Å². The van der Waals surface area contributed by atoms with E-state index < -0.39 is 0 Å². The summed E-state index contributed by atoms with van der Waals surface area (Å²) in [6.07, 6.45) is 12.1. The minimum absolute atomic E-state index is 0.00111. The molecule has 1 aromatic rings. The monoisotopic (exact) mass is 379 g/mol. The fourth-order valence-corrected chi connectivity index (χ4v) is 3.79. The number of carbonyl (C=O) groups excluding carboxylic acids is 1. The number of hydrogen-bond donors (Lipinski definition) is 1. The van der Waals surface area contributed by atoms with Crippen LogP contribution in [-0.4, -0.2) is 17.2 Å². The molecule has 3 unspecified atom stereocenters. The van der Waals surface area contributed by atoms with Crippen LogP contribution in [0.3, 0.4) is 0 Å². The van der Waals surface area contributed by atoms with E-state index in [1.807, 2.05) is 47.4 Å². The van der Waals surface area contributed by atoms with Crippen LogP contribution in [0.5, 0.6) is 0 Å². The average molecular weight is 380 g/mol. The molecule has 1 aromatic carbocycles. The molecule has 1 fully saturated rings. The summed E-state index contributed by atoms with van der Waals surface area (Å²) < 4.78 is 0. The lowest BCUT2D eigenvalue weighted by molar-refractivity contribution is -0.129. The Morgan fingerprint density at radius 3 is 2.59 bits per heavy atom. The van der Waals surface area contributed by atoms with Crippen molar-refractivity contribution in [2.45, 2.75) is 37.5 Å². The number of anilines is 1. The van der Waals surface area contributed by atoms with Gasteiger partial charge in [0.2, 0.25) is 5.91 Å². The molecule has 3 heteroatoms. The zero-order valence-corrected chi connectivity index (χ0v) is 16.9. The van der Waals surface area contributed by atoms with E-state index in [0.717, 1.165) is 36.1 Å². The highest BCUT2D eigenvalue weighted by Gasteiger charge is 2.48. The summed E-state index contributed by atoms with van der Waals surface area (Å²) in [6.45, 7) is 13.9. The Kier molecular flexibility index (Phi) is 7.93. The lowest BCUT2D eigenvalue weighted by Gasteiger charge is -2.48. The van der Waals surface area contributed by atoms with E-state index in [0.29, 0.717) is 0 Å². The number of allylic oxidation sites excluding steroid dienone is 4. The first-order chi connectivity index (χ1) is 13.0.